The molecule has 0 saturated heterocycles. The predicted molar refractivity (Wildman–Crippen MR) is 95.5 cm³/mol. The largest absolute Gasteiger partial charge is 0.493 e. The van der Waals surface area contributed by atoms with E-state index in [0.29, 0.717) is 11.5 Å². The van der Waals surface area contributed by atoms with Crippen molar-refractivity contribution >= 4 is 24.8 Å². The van der Waals surface area contributed by atoms with Gasteiger partial charge in [-0.3, -0.25) is 0 Å². The molecule has 1 aromatic rings. The molecule has 130 valence electrons. The lowest BCUT2D eigenvalue weighted by Gasteiger charge is -2.16. The van der Waals surface area contributed by atoms with Crippen LogP contribution in [0.15, 0.2) is 12.1 Å². The van der Waals surface area contributed by atoms with Crippen LogP contribution in [0.2, 0.25) is 0 Å². The fourth-order valence-electron chi connectivity index (χ4n) is 2.04. The van der Waals surface area contributed by atoms with E-state index in [1.54, 1.807) is 21.3 Å². The van der Waals surface area contributed by atoms with Crippen molar-refractivity contribution < 1.29 is 14.2 Å². The normalized spacial score (nSPS) is 9.45. The van der Waals surface area contributed by atoms with Gasteiger partial charge in [-0.1, -0.05) is 13.0 Å². The van der Waals surface area contributed by atoms with Gasteiger partial charge in [-0.2, -0.15) is 0 Å². The summed E-state index contributed by atoms with van der Waals surface area (Å²) >= 11 is 0. The number of hydrogen-bond acceptors (Lipinski definition) is 5. The highest BCUT2D eigenvalue weighted by Gasteiger charge is 2.15. The average molecular weight is 355 g/mol. The van der Waals surface area contributed by atoms with Gasteiger partial charge >= 0.3 is 0 Å². The lowest BCUT2D eigenvalue weighted by molar-refractivity contribution is 0.321. The van der Waals surface area contributed by atoms with E-state index in [1.165, 1.54) is 0 Å². The third-order valence-electron chi connectivity index (χ3n) is 3.06. The van der Waals surface area contributed by atoms with Crippen molar-refractivity contribution in [3.8, 4) is 17.2 Å². The summed E-state index contributed by atoms with van der Waals surface area (Å²) in [4.78, 5) is 0. The van der Waals surface area contributed by atoms with E-state index in [1.807, 2.05) is 12.1 Å². The average Bonchev–Trinajstić information content (AvgIpc) is 2.49. The Morgan fingerprint density at radius 2 is 1.50 bits per heavy atom. The Morgan fingerprint density at radius 1 is 0.864 bits per heavy atom. The monoisotopic (exact) mass is 354 g/mol. The van der Waals surface area contributed by atoms with Crippen LogP contribution in [-0.2, 0) is 6.54 Å². The highest BCUT2D eigenvalue weighted by Crippen LogP contribution is 2.39. The zero-order valence-corrected chi connectivity index (χ0v) is 15.4. The molecule has 0 fully saturated rings. The van der Waals surface area contributed by atoms with Gasteiger partial charge in [-0.15, -0.1) is 24.8 Å². The van der Waals surface area contributed by atoms with Gasteiger partial charge in [0.05, 0.1) is 21.3 Å². The van der Waals surface area contributed by atoms with Crippen LogP contribution < -0.4 is 24.8 Å². The predicted octanol–water partition coefficient (Wildman–Crippen LogP) is 2.65. The first-order valence-corrected chi connectivity index (χ1v) is 6.97. The topological polar surface area (TPSA) is 51.8 Å². The highest BCUT2D eigenvalue weighted by atomic mass is 35.5. The summed E-state index contributed by atoms with van der Waals surface area (Å²) in [6, 6.07) is 3.90. The summed E-state index contributed by atoms with van der Waals surface area (Å²) in [6.07, 6.45) is 1.10. The van der Waals surface area contributed by atoms with Crippen LogP contribution in [0.5, 0.6) is 17.2 Å². The molecule has 2 N–H and O–H groups in total. The molecular formula is C15H28Cl2N2O3. The minimum atomic E-state index is 0. The Balaban J connectivity index is 0. The second kappa shape index (κ2) is 13.8. The molecule has 0 aromatic heterocycles. The van der Waals surface area contributed by atoms with E-state index in [2.05, 4.69) is 17.6 Å². The first-order valence-electron chi connectivity index (χ1n) is 6.97. The van der Waals surface area contributed by atoms with Gasteiger partial charge in [-0.05, 0) is 32.1 Å². The van der Waals surface area contributed by atoms with E-state index in [0.717, 1.165) is 43.9 Å². The Kier molecular flexibility index (Phi) is 14.6. The minimum absolute atomic E-state index is 0. The van der Waals surface area contributed by atoms with Crippen molar-refractivity contribution in [3.05, 3.63) is 17.7 Å². The van der Waals surface area contributed by atoms with Gasteiger partial charge in [0.25, 0.3) is 0 Å². The van der Waals surface area contributed by atoms with E-state index >= 15 is 0 Å². The summed E-state index contributed by atoms with van der Waals surface area (Å²) in [7, 11) is 4.88. The molecule has 0 aliphatic rings. The maximum Gasteiger partial charge on any atom is 0.203 e. The molecule has 0 unspecified atom stereocenters. The first kappa shape index (κ1) is 23.4. The van der Waals surface area contributed by atoms with Crippen LogP contribution in [-0.4, -0.2) is 41.0 Å². The number of ether oxygens (including phenoxy) is 3. The van der Waals surface area contributed by atoms with Gasteiger partial charge < -0.3 is 24.8 Å². The molecule has 0 saturated carbocycles. The second-order valence-electron chi connectivity index (χ2n) is 4.38. The molecule has 0 heterocycles. The zero-order chi connectivity index (χ0) is 14.8. The van der Waals surface area contributed by atoms with Crippen molar-refractivity contribution in [2.45, 2.75) is 19.9 Å². The molecule has 1 aromatic carbocycles. The summed E-state index contributed by atoms with van der Waals surface area (Å²) in [5.41, 5.74) is 1.06. The molecule has 0 amide bonds. The molecule has 0 atom stereocenters. The lowest BCUT2D eigenvalue weighted by atomic mass is 10.1. The SMILES string of the molecule is CCNCCCNCc1ccc(OC)c(OC)c1OC.Cl.Cl. The number of halogens is 2. The van der Waals surface area contributed by atoms with Crippen molar-refractivity contribution in [2.24, 2.45) is 0 Å². The maximum absolute atomic E-state index is 5.45. The molecule has 1 rings (SSSR count). The highest BCUT2D eigenvalue weighted by molar-refractivity contribution is 5.85. The van der Waals surface area contributed by atoms with E-state index < -0.39 is 0 Å². The van der Waals surface area contributed by atoms with Gasteiger partial charge in [0.1, 0.15) is 0 Å². The zero-order valence-electron chi connectivity index (χ0n) is 13.7. The second-order valence-corrected chi connectivity index (χ2v) is 4.38. The Morgan fingerprint density at radius 3 is 2.05 bits per heavy atom. The lowest BCUT2D eigenvalue weighted by Crippen LogP contribution is -2.21. The summed E-state index contributed by atoms with van der Waals surface area (Å²) in [5.74, 6) is 2.05. The molecular weight excluding hydrogens is 327 g/mol. The van der Waals surface area contributed by atoms with Crippen LogP contribution in [0.3, 0.4) is 0 Å². The fourth-order valence-corrected chi connectivity index (χ4v) is 2.04. The molecule has 0 aliphatic carbocycles. The standard InChI is InChI=1S/C15H26N2O3.2ClH/c1-5-16-9-6-10-17-11-12-7-8-13(18-2)15(20-4)14(12)19-3;;/h7-8,16-17H,5-6,9-11H2,1-4H3;2*1H. The number of nitrogens with one attached hydrogen (secondary N) is 2. The molecule has 22 heavy (non-hydrogen) atoms. The van der Waals surface area contributed by atoms with E-state index in [4.69, 9.17) is 14.2 Å². The Labute approximate surface area is 145 Å². The minimum Gasteiger partial charge on any atom is -0.493 e. The third kappa shape index (κ3) is 6.92. The Hall–Kier alpha value is -0.880. The van der Waals surface area contributed by atoms with Gasteiger partial charge in [0.15, 0.2) is 11.5 Å². The quantitative estimate of drug-likeness (QED) is 0.632. The van der Waals surface area contributed by atoms with Crippen molar-refractivity contribution in [2.75, 3.05) is 41.0 Å². The number of hydrogen-bond donors (Lipinski definition) is 2. The van der Waals surface area contributed by atoms with Crippen LogP contribution in [0, 0.1) is 0 Å². The van der Waals surface area contributed by atoms with Gasteiger partial charge in [0, 0.05) is 12.1 Å². The smallest absolute Gasteiger partial charge is 0.203 e. The third-order valence-corrected chi connectivity index (χ3v) is 3.06. The van der Waals surface area contributed by atoms with Gasteiger partial charge in [0.2, 0.25) is 5.75 Å². The van der Waals surface area contributed by atoms with Crippen molar-refractivity contribution in [1.82, 2.24) is 10.6 Å². The molecule has 0 aliphatic heterocycles. The first-order chi connectivity index (χ1) is 9.78. The Bertz CT molecular complexity index is 407. The summed E-state index contributed by atoms with van der Waals surface area (Å²) in [6.45, 7) is 5.87. The van der Waals surface area contributed by atoms with Gasteiger partial charge in [-0.25, -0.2) is 0 Å². The van der Waals surface area contributed by atoms with Crippen molar-refractivity contribution in [1.29, 1.82) is 0 Å². The molecule has 5 nitrogen and oxygen atoms in total. The van der Waals surface area contributed by atoms with Crippen LogP contribution in [0.4, 0.5) is 0 Å². The van der Waals surface area contributed by atoms with E-state index in [9.17, 15) is 0 Å². The summed E-state index contributed by atoms with van der Waals surface area (Å²) < 4.78 is 16.1. The number of benzene rings is 1. The van der Waals surface area contributed by atoms with Crippen molar-refractivity contribution in [3.63, 3.8) is 0 Å². The van der Waals surface area contributed by atoms with Crippen LogP contribution in [0.25, 0.3) is 0 Å². The number of rotatable bonds is 10. The molecule has 7 heteroatoms. The van der Waals surface area contributed by atoms with Crippen LogP contribution >= 0.6 is 24.8 Å². The maximum atomic E-state index is 5.45. The fraction of sp³-hybridized carbons (Fsp3) is 0.600. The molecule has 0 spiro atoms. The molecule has 0 bridgehead atoms. The van der Waals surface area contributed by atoms with Crippen LogP contribution in [0.1, 0.15) is 18.9 Å². The summed E-state index contributed by atoms with van der Waals surface area (Å²) in [5, 5.41) is 6.71. The molecule has 0 radical (unpaired) electrons. The van der Waals surface area contributed by atoms with E-state index in [-0.39, 0.29) is 24.8 Å². The number of methoxy groups -OCH3 is 3.